The number of benzene rings is 4. The van der Waals surface area contributed by atoms with E-state index in [0.29, 0.717) is 45.9 Å². The summed E-state index contributed by atoms with van der Waals surface area (Å²) in [6, 6.07) is 25.1. The van der Waals surface area contributed by atoms with Crippen molar-refractivity contribution in [3.63, 3.8) is 0 Å². The van der Waals surface area contributed by atoms with Crippen molar-refractivity contribution in [1.29, 1.82) is 0 Å². The highest BCUT2D eigenvalue weighted by Gasteiger charge is 2.27. The zero-order valence-corrected chi connectivity index (χ0v) is 20.9. The van der Waals surface area contributed by atoms with Gasteiger partial charge in [0.1, 0.15) is 17.0 Å². The van der Waals surface area contributed by atoms with Crippen molar-refractivity contribution in [2.24, 2.45) is 0 Å². The first kappa shape index (κ1) is 23.1. The second kappa shape index (κ2) is 9.94. The lowest BCUT2D eigenvalue weighted by Crippen LogP contribution is -2.31. The Balaban J connectivity index is 1.71. The topological polar surface area (TPSA) is 51.7 Å². The van der Waals surface area contributed by atoms with Crippen LogP contribution in [0, 0.1) is 0 Å². The first-order valence-corrected chi connectivity index (χ1v) is 12.4. The van der Waals surface area contributed by atoms with Crippen molar-refractivity contribution < 1.29 is 14.3 Å². The summed E-state index contributed by atoms with van der Waals surface area (Å²) in [5.74, 6) is 0.966. The van der Waals surface area contributed by atoms with Gasteiger partial charge in [-0.3, -0.25) is 9.69 Å². The minimum absolute atomic E-state index is 0.191. The van der Waals surface area contributed by atoms with E-state index >= 15 is 0 Å². The lowest BCUT2D eigenvalue weighted by molar-refractivity contribution is 0.0983. The summed E-state index contributed by atoms with van der Waals surface area (Å²) in [6.07, 6.45) is 0. The van der Waals surface area contributed by atoms with Gasteiger partial charge in [-0.2, -0.15) is 0 Å². The molecule has 0 radical (unpaired) electrons. The van der Waals surface area contributed by atoms with Gasteiger partial charge in [-0.25, -0.2) is 4.98 Å². The molecule has 0 aliphatic rings. The van der Waals surface area contributed by atoms with Crippen molar-refractivity contribution in [3.8, 4) is 11.5 Å². The smallest absolute Gasteiger partial charge is 0.264 e. The van der Waals surface area contributed by atoms with Crippen LogP contribution < -0.4 is 14.4 Å². The van der Waals surface area contributed by atoms with Gasteiger partial charge in [0.25, 0.3) is 5.91 Å². The van der Waals surface area contributed by atoms with E-state index < -0.39 is 0 Å². The van der Waals surface area contributed by atoms with Crippen molar-refractivity contribution in [2.45, 2.75) is 13.5 Å². The zero-order valence-electron chi connectivity index (χ0n) is 19.3. The molecule has 4 aromatic carbocycles. The van der Waals surface area contributed by atoms with Crippen LogP contribution in [0.2, 0.25) is 5.02 Å². The molecule has 0 saturated heterocycles. The fourth-order valence-corrected chi connectivity index (χ4v) is 5.35. The van der Waals surface area contributed by atoms with Crippen LogP contribution in [-0.4, -0.2) is 24.6 Å². The average Bonchev–Trinajstić information content (AvgIpc) is 3.34. The van der Waals surface area contributed by atoms with Crippen LogP contribution in [-0.2, 0) is 6.54 Å². The summed E-state index contributed by atoms with van der Waals surface area (Å²) in [7, 11) is 1.60. The number of carbonyl (C=O) groups excluding carboxylic acids is 1. The van der Waals surface area contributed by atoms with Crippen LogP contribution in [0.15, 0.2) is 78.9 Å². The predicted molar refractivity (Wildman–Crippen MR) is 143 cm³/mol. The van der Waals surface area contributed by atoms with Gasteiger partial charge in [0, 0.05) is 0 Å². The number of aromatic nitrogens is 1. The molecule has 0 aliphatic carbocycles. The Hall–Kier alpha value is -3.61. The largest absolute Gasteiger partial charge is 0.494 e. The van der Waals surface area contributed by atoms with Crippen molar-refractivity contribution in [2.75, 3.05) is 18.6 Å². The van der Waals surface area contributed by atoms with Crippen molar-refractivity contribution in [3.05, 3.63) is 95.0 Å². The third-order valence-corrected chi connectivity index (χ3v) is 7.27. The summed E-state index contributed by atoms with van der Waals surface area (Å²) in [4.78, 5) is 20.8. The number of methoxy groups -OCH3 is 1. The first-order valence-electron chi connectivity index (χ1n) is 11.2. The van der Waals surface area contributed by atoms with Crippen LogP contribution in [0.1, 0.15) is 22.8 Å². The Labute approximate surface area is 212 Å². The monoisotopic (exact) mass is 502 g/mol. The third-order valence-electron chi connectivity index (χ3n) is 5.73. The molecular formula is C28H23ClN2O3S. The molecule has 7 heteroatoms. The Kier molecular flexibility index (Phi) is 6.57. The van der Waals surface area contributed by atoms with Gasteiger partial charge >= 0.3 is 0 Å². The molecule has 0 unspecified atom stereocenters. The summed E-state index contributed by atoms with van der Waals surface area (Å²) < 4.78 is 12.2. The minimum Gasteiger partial charge on any atom is -0.494 e. The lowest BCUT2D eigenvalue weighted by atomic mass is 10.0. The van der Waals surface area contributed by atoms with Gasteiger partial charge in [-0.1, -0.05) is 83.6 Å². The minimum atomic E-state index is -0.191. The highest BCUT2D eigenvalue weighted by atomic mass is 35.5. The highest BCUT2D eigenvalue weighted by molar-refractivity contribution is 7.23. The Morgan fingerprint density at radius 1 is 0.971 bits per heavy atom. The van der Waals surface area contributed by atoms with Crippen LogP contribution in [0.5, 0.6) is 11.5 Å². The molecule has 0 spiro atoms. The highest BCUT2D eigenvalue weighted by Crippen LogP contribution is 2.40. The van der Waals surface area contributed by atoms with Crippen LogP contribution >= 0.6 is 22.9 Å². The van der Waals surface area contributed by atoms with E-state index in [9.17, 15) is 4.79 Å². The molecule has 1 aromatic heterocycles. The molecule has 0 N–H and O–H groups in total. The molecule has 5 aromatic rings. The van der Waals surface area contributed by atoms with Gasteiger partial charge in [-0.15, -0.1) is 0 Å². The predicted octanol–water partition coefficient (Wildman–Crippen LogP) is 7.36. The maximum atomic E-state index is 14.3. The standard InChI is InChI=1S/C28H23ClN2O3S/c1-3-34-22-15-13-19-11-7-8-12-20(19)24(22)27(32)31(17-18-9-5-4-6-10-18)28-30-25-23(33-2)16-14-21(29)26(25)35-28/h4-16H,3,17H2,1-2H3. The maximum Gasteiger partial charge on any atom is 0.264 e. The molecule has 0 bridgehead atoms. The zero-order chi connectivity index (χ0) is 24.4. The molecule has 1 amide bonds. The number of nitrogens with zero attached hydrogens (tertiary/aromatic N) is 2. The van der Waals surface area contributed by atoms with E-state index in [1.54, 1.807) is 24.1 Å². The SMILES string of the molecule is CCOc1ccc2ccccc2c1C(=O)N(Cc1ccccc1)c1nc2c(OC)ccc(Cl)c2s1. The fraction of sp³-hybridized carbons (Fsp3) is 0.143. The summed E-state index contributed by atoms with van der Waals surface area (Å²) in [5.41, 5.74) is 2.13. The summed E-state index contributed by atoms with van der Waals surface area (Å²) in [5, 5.41) is 2.90. The Morgan fingerprint density at radius 2 is 1.71 bits per heavy atom. The first-order chi connectivity index (χ1) is 17.1. The van der Waals surface area contributed by atoms with Crippen LogP contribution in [0.25, 0.3) is 21.0 Å². The van der Waals surface area contributed by atoms with E-state index in [0.717, 1.165) is 21.0 Å². The van der Waals surface area contributed by atoms with Gasteiger partial charge in [0.2, 0.25) is 0 Å². The van der Waals surface area contributed by atoms with E-state index in [4.69, 9.17) is 26.1 Å². The average molecular weight is 503 g/mol. The third kappa shape index (κ3) is 4.43. The normalized spacial score (nSPS) is 11.1. The Bertz CT molecular complexity index is 1520. The summed E-state index contributed by atoms with van der Waals surface area (Å²) >= 11 is 7.87. The quantitative estimate of drug-likeness (QED) is 0.233. The van der Waals surface area contributed by atoms with Gasteiger partial charge in [0.15, 0.2) is 5.13 Å². The number of fused-ring (bicyclic) bond motifs is 2. The van der Waals surface area contributed by atoms with Gasteiger partial charge < -0.3 is 9.47 Å². The van der Waals surface area contributed by atoms with Gasteiger partial charge in [0.05, 0.1) is 35.5 Å². The van der Waals surface area contributed by atoms with Crippen LogP contribution in [0.3, 0.4) is 0 Å². The van der Waals surface area contributed by atoms with E-state index in [-0.39, 0.29) is 5.91 Å². The van der Waals surface area contributed by atoms with E-state index in [1.165, 1.54) is 11.3 Å². The second-order valence-electron chi connectivity index (χ2n) is 7.89. The number of hydrogen-bond donors (Lipinski definition) is 0. The van der Waals surface area contributed by atoms with Crippen molar-refractivity contribution >= 4 is 55.0 Å². The number of thiazole rings is 1. The number of rotatable bonds is 7. The summed E-state index contributed by atoms with van der Waals surface area (Å²) in [6.45, 7) is 2.70. The maximum absolute atomic E-state index is 14.3. The number of ether oxygens (including phenoxy) is 2. The Morgan fingerprint density at radius 3 is 2.49 bits per heavy atom. The molecule has 0 saturated carbocycles. The molecule has 5 nitrogen and oxygen atoms in total. The fourth-order valence-electron chi connectivity index (χ4n) is 4.10. The molecule has 0 fully saturated rings. The number of halogens is 1. The lowest BCUT2D eigenvalue weighted by Gasteiger charge is -2.22. The van der Waals surface area contributed by atoms with Crippen LogP contribution in [0.4, 0.5) is 5.13 Å². The molecule has 176 valence electrons. The molecule has 5 rings (SSSR count). The molecule has 0 atom stereocenters. The van der Waals surface area contributed by atoms with E-state index in [1.807, 2.05) is 73.7 Å². The molecular weight excluding hydrogens is 480 g/mol. The number of anilines is 1. The second-order valence-corrected chi connectivity index (χ2v) is 9.28. The van der Waals surface area contributed by atoms with Crippen molar-refractivity contribution in [1.82, 2.24) is 4.98 Å². The number of carbonyl (C=O) groups is 1. The molecule has 35 heavy (non-hydrogen) atoms. The molecule has 0 aliphatic heterocycles. The van der Waals surface area contributed by atoms with Gasteiger partial charge in [-0.05, 0) is 41.5 Å². The number of amides is 1. The van der Waals surface area contributed by atoms with E-state index in [2.05, 4.69) is 0 Å². The number of hydrogen-bond acceptors (Lipinski definition) is 5. The molecule has 1 heterocycles.